The van der Waals surface area contributed by atoms with Crippen LogP contribution < -0.4 is 5.32 Å². The van der Waals surface area contributed by atoms with E-state index in [2.05, 4.69) is 68.9 Å². The van der Waals surface area contributed by atoms with Gasteiger partial charge in [-0.25, -0.2) is 9.67 Å². The first kappa shape index (κ1) is 16.1. The van der Waals surface area contributed by atoms with Crippen LogP contribution in [0.2, 0.25) is 0 Å². The van der Waals surface area contributed by atoms with Gasteiger partial charge in [0.1, 0.15) is 12.7 Å². The first-order chi connectivity index (χ1) is 11.4. The van der Waals surface area contributed by atoms with Crippen molar-refractivity contribution >= 4 is 29.0 Å². The summed E-state index contributed by atoms with van der Waals surface area (Å²) in [5.41, 5.74) is 4.76. The second-order valence-corrected chi connectivity index (χ2v) is 5.54. The van der Waals surface area contributed by atoms with Gasteiger partial charge < -0.3 is 10.3 Å². The monoisotopic (exact) mass is 339 g/mol. The molecule has 0 aliphatic carbocycles. The Bertz CT molecular complexity index is 897. The fourth-order valence-corrected chi connectivity index (χ4v) is 2.65. The number of halogens is 1. The third kappa shape index (κ3) is 3.58. The molecule has 0 spiro atoms. The minimum atomic E-state index is 0. The molecule has 2 aromatic heterocycles. The van der Waals surface area contributed by atoms with Crippen LogP contribution in [-0.2, 0) is 13.1 Å². The molecule has 4 aromatic rings. The number of rotatable bonds is 5. The second-order valence-electron chi connectivity index (χ2n) is 5.54. The number of nitrogens with one attached hydrogen (secondary N) is 2. The van der Waals surface area contributed by atoms with Crippen molar-refractivity contribution in [3.63, 3.8) is 0 Å². The number of benzene rings is 2. The fourth-order valence-electron chi connectivity index (χ4n) is 2.65. The van der Waals surface area contributed by atoms with Crippen LogP contribution in [0.1, 0.15) is 11.1 Å². The van der Waals surface area contributed by atoms with E-state index in [-0.39, 0.29) is 12.4 Å². The van der Waals surface area contributed by atoms with Crippen LogP contribution in [0.4, 0.5) is 5.69 Å². The molecule has 4 rings (SSSR count). The van der Waals surface area contributed by atoms with Gasteiger partial charge in [0.2, 0.25) is 0 Å². The maximum Gasteiger partial charge on any atom is 0.137 e. The number of hydrogen-bond donors (Lipinski definition) is 2. The first-order valence-electron chi connectivity index (χ1n) is 7.58. The Morgan fingerprint density at radius 2 is 1.83 bits per heavy atom. The third-order valence-electron chi connectivity index (χ3n) is 3.88. The number of aromatic amines is 1. The highest BCUT2D eigenvalue weighted by molar-refractivity contribution is 5.85. The van der Waals surface area contributed by atoms with Crippen molar-refractivity contribution in [2.45, 2.75) is 13.1 Å². The van der Waals surface area contributed by atoms with Gasteiger partial charge in [-0.2, -0.15) is 5.10 Å². The highest BCUT2D eigenvalue weighted by Crippen LogP contribution is 2.16. The SMILES string of the molecule is Cl.c1ncn(Cc2ccc(NCc3ccc4[nH]ccc4c3)cc2)n1. The summed E-state index contributed by atoms with van der Waals surface area (Å²) >= 11 is 0. The Labute approximate surface area is 146 Å². The maximum absolute atomic E-state index is 4.12. The minimum Gasteiger partial charge on any atom is -0.381 e. The predicted molar refractivity (Wildman–Crippen MR) is 98.4 cm³/mol. The van der Waals surface area contributed by atoms with Gasteiger partial charge in [0, 0.05) is 23.9 Å². The van der Waals surface area contributed by atoms with E-state index in [0.717, 1.165) is 18.8 Å². The van der Waals surface area contributed by atoms with Gasteiger partial charge in [-0.3, -0.25) is 0 Å². The molecule has 0 aliphatic rings. The predicted octanol–water partition coefficient (Wildman–Crippen LogP) is 3.84. The highest BCUT2D eigenvalue weighted by atomic mass is 35.5. The molecule has 0 aliphatic heterocycles. The van der Waals surface area contributed by atoms with Crippen molar-refractivity contribution in [2.24, 2.45) is 0 Å². The zero-order valence-electron chi connectivity index (χ0n) is 13.0. The Hall–Kier alpha value is -2.79. The molecule has 0 amide bonds. The van der Waals surface area contributed by atoms with Crippen molar-refractivity contribution in [1.82, 2.24) is 19.7 Å². The van der Waals surface area contributed by atoms with E-state index < -0.39 is 0 Å². The number of nitrogens with zero attached hydrogens (tertiary/aromatic N) is 3. The molecular weight excluding hydrogens is 322 g/mol. The molecule has 0 unspecified atom stereocenters. The highest BCUT2D eigenvalue weighted by Gasteiger charge is 1.99. The average Bonchev–Trinajstić information content (AvgIpc) is 3.25. The molecule has 2 N–H and O–H groups in total. The van der Waals surface area contributed by atoms with Gasteiger partial charge in [-0.15, -0.1) is 12.4 Å². The van der Waals surface area contributed by atoms with Crippen LogP contribution in [0.3, 0.4) is 0 Å². The average molecular weight is 340 g/mol. The van der Waals surface area contributed by atoms with Gasteiger partial charge in [0.25, 0.3) is 0 Å². The van der Waals surface area contributed by atoms with Crippen LogP contribution in [0.5, 0.6) is 0 Å². The van der Waals surface area contributed by atoms with E-state index in [1.54, 1.807) is 12.7 Å². The van der Waals surface area contributed by atoms with Gasteiger partial charge in [0.15, 0.2) is 0 Å². The Morgan fingerprint density at radius 3 is 2.62 bits per heavy atom. The normalized spacial score (nSPS) is 10.5. The summed E-state index contributed by atoms with van der Waals surface area (Å²) in [4.78, 5) is 7.17. The van der Waals surface area contributed by atoms with Gasteiger partial charge >= 0.3 is 0 Å². The van der Waals surface area contributed by atoms with E-state index in [9.17, 15) is 0 Å². The molecule has 2 heterocycles. The van der Waals surface area contributed by atoms with Gasteiger partial charge in [-0.1, -0.05) is 18.2 Å². The number of aromatic nitrogens is 4. The molecule has 0 fully saturated rings. The van der Waals surface area contributed by atoms with Crippen molar-refractivity contribution < 1.29 is 0 Å². The van der Waals surface area contributed by atoms with E-state index in [1.165, 1.54) is 22.0 Å². The minimum absolute atomic E-state index is 0. The van der Waals surface area contributed by atoms with E-state index in [1.807, 2.05) is 10.9 Å². The summed E-state index contributed by atoms with van der Waals surface area (Å²) in [6.45, 7) is 1.55. The molecular formula is C18H18ClN5. The third-order valence-corrected chi connectivity index (χ3v) is 3.88. The number of fused-ring (bicyclic) bond motifs is 1. The smallest absolute Gasteiger partial charge is 0.137 e. The molecule has 0 saturated heterocycles. The lowest BCUT2D eigenvalue weighted by Gasteiger charge is -2.08. The second kappa shape index (κ2) is 7.19. The Balaban J connectivity index is 0.00000169. The zero-order valence-corrected chi connectivity index (χ0v) is 13.8. The van der Waals surface area contributed by atoms with E-state index in [4.69, 9.17) is 0 Å². The fraction of sp³-hybridized carbons (Fsp3) is 0.111. The summed E-state index contributed by atoms with van der Waals surface area (Å²) in [5.74, 6) is 0. The lowest BCUT2D eigenvalue weighted by atomic mass is 10.1. The summed E-state index contributed by atoms with van der Waals surface area (Å²) in [7, 11) is 0. The molecule has 0 bridgehead atoms. The van der Waals surface area contributed by atoms with Crippen molar-refractivity contribution in [2.75, 3.05) is 5.32 Å². The first-order valence-corrected chi connectivity index (χ1v) is 7.58. The summed E-state index contributed by atoms with van der Waals surface area (Å²) in [5, 5.41) is 8.82. The van der Waals surface area contributed by atoms with Gasteiger partial charge in [0.05, 0.1) is 6.54 Å². The molecule has 0 radical (unpaired) electrons. The lowest BCUT2D eigenvalue weighted by Crippen LogP contribution is -2.01. The van der Waals surface area contributed by atoms with Crippen LogP contribution in [0.25, 0.3) is 10.9 Å². The molecule has 122 valence electrons. The topological polar surface area (TPSA) is 58.5 Å². The van der Waals surface area contributed by atoms with Crippen LogP contribution in [0, 0.1) is 0 Å². The molecule has 0 atom stereocenters. The molecule has 5 nitrogen and oxygen atoms in total. The molecule has 6 heteroatoms. The summed E-state index contributed by atoms with van der Waals surface area (Å²) < 4.78 is 1.81. The van der Waals surface area contributed by atoms with E-state index in [0.29, 0.717) is 0 Å². The number of anilines is 1. The number of hydrogen-bond acceptors (Lipinski definition) is 3. The summed E-state index contributed by atoms with van der Waals surface area (Å²) in [6.07, 6.45) is 5.25. The van der Waals surface area contributed by atoms with Crippen molar-refractivity contribution in [3.05, 3.63) is 78.5 Å². The zero-order chi connectivity index (χ0) is 15.5. The standard InChI is InChI=1S/C18H17N5.ClH/c1-4-17(5-2-14(1)11-23-13-19-12-22-23)21-10-15-3-6-18-16(9-15)7-8-20-18;/h1-9,12-13,20-21H,10-11H2;1H. The molecule has 24 heavy (non-hydrogen) atoms. The Kier molecular flexibility index (Phi) is 4.82. The van der Waals surface area contributed by atoms with Crippen LogP contribution in [0.15, 0.2) is 67.4 Å². The van der Waals surface area contributed by atoms with Crippen LogP contribution in [-0.4, -0.2) is 19.7 Å². The largest absolute Gasteiger partial charge is 0.381 e. The van der Waals surface area contributed by atoms with Crippen molar-refractivity contribution in [3.8, 4) is 0 Å². The lowest BCUT2D eigenvalue weighted by molar-refractivity contribution is 0.685. The quantitative estimate of drug-likeness (QED) is 0.580. The van der Waals surface area contributed by atoms with Gasteiger partial charge in [-0.05, 0) is 46.8 Å². The molecule has 2 aromatic carbocycles. The maximum atomic E-state index is 4.12. The summed E-state index contributed by atoms with van der Waals surface area (Å²) in [6, 6.07) is 17.0. The number of H-pyrrole nitrogens is 1. The van der Waals surface area contributed by atoms with Crippen molar-refractivity contribution in [1.29, 1.82) is 0 Å². The van der Waals surface area contributed by atoms with E-state index >= 15 is 0 Å². The van der Waals surface area contributed by atoms with Crippen LogP contribution >= 0.6 is 12.4 Å². The Morgan fingerprint density at radius 1 is 1.00 bits per heavy atom. The molecule has 0 saturated carbocycles.